The number of amides is 2. The number of carbonyl (C=O) groups excluding carboxylic acids is 2. The lowest BCUT2D eigenvalue weighted by Gasteiger charge is -2.32. The number of nitrogens with zero attached hydrogens (tertiary/aromatic N) is 1. The fourth-order valence-corrected chi connectivity index (χ4v) is 4.43. The van der Waals surface area contributed by atoms with E-state index >= 15 is 0 Å². The number of hydrogen-bond acceptors (Lipinski definition) is 5. The molecular formula is C26H28N2O4S. The Morgan fingerprint density at radius 1 is 0.970 bits per heavy atom. The van der Waals surface area contributed by atoms with Crippen molar-refractivity contribution in [2.75, 3.05) is 19.7 Å². The third-order valence-electron chi connectivity index (χ3n) is 5.59. The van der Waals surface area contributed by atoms with Crippen LogP contribution in [-0.2, 0) is 6.61 Å². The highest BCUT2D eigenvalue weighted by Crippen LogP contribution is 2.19. The van der Waals surface area contributed by atoms with Gasteiger partial charge in [-0.1, -0.05) is 12.1 Å². The molecule has 3 aromatic rings. The van der Waals surface area contributed by atoms with Crippen LogP contribution < -0.4 is 14.8 Å². The Bertz CT molecular complexity index is 1060. The number of nitrogens with one attached hydrogen (secondary N) is 1. The molecular weight excluding hydrogens is 436 g/mol. The summed E-state index contributed by atoms with van der Waals surface area (Å²) in [6.07, 6.45) is 1.45. The van der Waals surface area contributed by atoms with E-state index in [4.69, 9.17) is 9.47 Å². The van der Waals surface area contributed by atoms with Crippen LogP contribution in [0.1, 0.15) is 45.4 Å². The quantitative estimate of drug-likeness (QED) is 0.522. The number of thiophene rings is 1. The highest BCUT2D eigenvalue weighted by molar-refractivity contribution is 7.09. The Labute approximate surface area is 198 Å². The lowest BCUT2D eigenvalue weighted by atomic mass is 10.0. The van der Waals surface area contributed by atoms with Crippen molar-refractivity contribution >= 4 is 23.2 Å². The van der Waals surface area contributed by atoms with Gasteiger partial charge in [0.15, 0.2) is 0 Å². The Hall–Kier alpha value is -3.32. The zero-order valence-corrected chi connectivity index (χ0v) is 19.5. The minimum absolute atomic E-state index is 0.0124. The van der Waals surface area contributed by atoms with Crippen LogP contribution in [0.4, 0.5) is 0 Å². The first kappa shape index (κ1) is 22.9. The van der Waals surface area contributed by atoms with Gasteiger partial charge in [-0.2, -0.15) is 0 Å². The predicted molar refractivity (Wildman–Crippen MR) is 129 cm³/mol. The second-order valence-corrected chi connectivity index (χ2v) is 8.93. The fraction of sp³-hybridized carbons (Fsp3) is 0.308. The largest absolute Gasteiger partial charge is 0.494 e. The summed E-state index contributed by atoms with van der Waals surface area (Å²) >= 11 is 1.64. The molecule has 0 atom stereocenters. The van der Waals surface area contributed by atoms with Crippen LogP contribution in [0.15, 0.2) is 66.0 Å². The maximum Gasteiger partial charge on any atom is 0.253 e. The SMILES string of the molecule is CCOc1ccc(C(=O)N2CCC(NC(=O)c3cccc(OCc4cccs4)c3)CC2)cc1. The van der Waals surface area contributed by atoms with Crippen LogP contribution in [0.3, 0.4) is 0 Å². The van der Waals surface area contributed by atoms with Crippen molar-refractivity contribution in [3.63, 3.8) is 0 Å². The molecule has 0 spiro atoms. The maximum absolute atomic E-state index is 12.8. The monoisotopic (exact) mass is 464 g/mol. The number of piperidine rings is 1. The first-order valence-corrected chi connectivity index (χ1v) is 12.1. The number of benzene rings is 2. The van der Waals surface area contributed by atoms with Crippen molar-refractivity contribution in [2.45, 2.75) is 32.4 Å². The molecule has 2 amide bonds. The summed E-state index contributed by atoms with van der Waals surface area (Å²) in [4.78, 5) is 28.5. The van der Waals surface area contributed by atoms with Gasteiger partial charge in [0.2, 0.25) is 0 Å². The Morgan fingerprint density at radius 3 is 2.45 bits per heavy atom. The highest BCUT2D eigenvalue weighted by atomic mass is 32.1. The minimum atomic E-state index is -0.118. The van der Waals surface area contributed by atoms with Gasteiger partial charge in [0.1, 0.15) is 18.1 Å². The van der Waals surface area contributed by atoms with Gasteiger partial charge in [-0.25, -0.2) is 0 Å². The smallest absolute Gasteiger partial charge is 0.253 e. The third-order valence-corrected chi connectivity index (χ3v) is 6.44. The molecule has 0 aliphatic carbocycles. The number of hydrogen-bond donors (Lipinski definition) is 1. The molecule has 4 rings (SSSR count). The third kappa shape index (κ3) is 6.14. The van der Waals surface area contributed by atoms with Crippen molar-refractivity contribution in [1.29, 1.82) is 0 Å². The number of rotatable bonds is 8. The second kappa shape index (κ2) is 11.0. The molecule has 1 N–H and O–H groups in total. The van der Waals surface area contributed by atoms with E-state index in [1.54, 1.807) is 35.6 Å². The summed E-state index contributed by atoms with van der Waals surface area (Å²) in [5.41, 5.74) is 1.23. The molecule has 1 saturated heterocycles. The molecule has 1 aromatic heterocycles. The van der Waals surface area contributed by atoms with E-state index in [0.717, 1.165) is 23.5 Å². The molecule has 1 fully saturated rings. The first-order valence-electron chi connectivity index (χ1n) is 11.2. The lowest BCUT2D eigenvalue weighted by molar-refractivity contribution is 0.0698. The molecule has 6 nitrogen and oxygen atoms in total. The average molecular weight is 465 g/mol. The number of carbonyl (C=O) groups is 2. The van der Waals surface area contributed by atoms with Crippen molar-refractivity contribution in [1.82, 2.24) is 10.2 Å². The maximum atomic E-state index is 12.8. The zero-order valence-electron chi connectivity index (χ0n) is 18.7. The first-order chi connectivity index (χ1) is 16.1. The van der Waals surface area contributed by atoms with E-state index in [9.17, 15) is 9.59 Å². The standard InChI is InChI=1S/C26H28N2O4S/c1-2-31-22-10-8-19(9-11-22)26(30)28-14-12-21(13-15-28)27-25(29)20-5-3-6-23(17-20)32-18-24-7-4-16-33-24/h3-11,16-17,21H,2,12-15,18H2,1H3,(H,27,29). The van der Waals surface area contributed by atoms with E-state index in [0.29, 0.717) is 43.2 Å². The van der Waals surface area contributed by atoms with Crippen LogP contribution in [0.25, 0.3) is 0 Å². The normalized spacial score (nSPS) is 14.0. The lowest BCUT2D eigenvalue weighted by Crippen LogP contribution is -2.46. The van der Waals surface area contributed by atoms with Crippen LogP contribution in [0.5, 0.6) is 11.5 Å². The van der Waals surface area contributed by atoms with Gasteiger partial charge in [-0.15, -0.1) is 11.3 Å². The summed E-state index contributed by atoms with van der Waals surface area (Å²) in [7, 11) is 0. The van der Waals surface area contributed by atoms with Gasteiger partial charge >= 0.3 is 0 Å². The van der Waals surface area contributed by atoms with Crippen molar-refractivity contribution in [2.24, 2.45) is 0 Å². The molecule has 2 aromatic carbocycles. The summed E-state index contributed by atoms with van der Waals surface area (Å²) in [6, 6.07) is 18.5. The summed E-state index contributed by atoms with van der Waals surface area (Å²) in [5.74, 6) is 1.33. The molecule has 0 radical (unpaired) electrons. The predicted octanol–water partition coefficient (Wildman–Crippen LogP) is 4.76. The molecule has 7 heteroatoms. The summed E-state index contributed by atoms with van der Waals surface area (Å²) in [6.45, 7) is 4.24. The Kier molecular flexibility index (Phi) is 7.62. The Morgan fingerprint density at radius 2 is 1.76 bits per heavy atom. The van der Waals surface area contributed by atoms with Crippen molar-refractivity contribution in [3.05, 3.63) is 82.0 Å². The second-order valence-electron chi connectivity index (χ2n) is 7.89. The van der Waals surface area contributed by atoms with E-state index in [-0.39, 0.29) is 17.9 Å². The van der Waals surface area contributed by atoms with Crippen LogP contribution in [0.2, 0.25) is 0 Å². The Balaban J connectivity index is 1.26. The molecule has 1 aliphatic rings. The molecule has 172 valence electrons. The van der Waals surface area contributed by atoms with Crippen LogP contribution in [0, 0.1) is 0 Å². The van der Waals surface area contributed by atoms with Crippen LogP contribution in [-0.4, -0.2) is 42.5 Å². The summed E-state index contributed by atoms with van der Waals surface area (Å²) in [5, 5.41) is 5.12. The van der Waals surface area contributed by atoms with E-state index < -0.39 is 0 Å². The van der Waals surface area contributed by atoms with Gasteiger partial charge in [0, 0.05) is 35.1 Å². The van der Waals surface area contributed by atoms with Gasteiger partial charge in [0.25, 0.3) is 11.8 Å². The highest BCUT2D eigenvalue weighted by Gasteiger charge is 2.25. The van der Waals surface area contributed by atoms with Gasteiger partial charge in [-0.05, 0) is 73.7 Å². The van der Waals surface area contributed by atoms with Gasteiger partial charge in [0.05, 0.1) is 6.61 Å². The molecule has 0 unspecified atom stereocenters. The fourth-order valence-electron chi connectivity index (χ4n) is 3.81. The average Bonchev–Trinajstić information content (AvgIpc) is 3.37. The molecule has 33 heavy (non-hydrogen) atoms. The molecule has 1 aliphatic heterocycles. The number of likely N-dealkylation sites (tertiary alicyclic amines) is 1. The van der Waals surface area contributed by atoms with E-state index in [1.807, 2.05) is 53.6 Å². The minimum Gasteiger partial charge on any atom is -0.494 e. The molecule has 0 saturated carbocycles. The summed E-state index contributed by atoms with van der Waals surface area (Å²) < 4.78 is 11.3. The van der Waals surface area contributed by atoms with Crippen molar-refractivity contribution < 1.29 is 19.1 Å². The van der Waals surface area contributed by atoms with E-state index in [1.165, 1.54) is 0 Å². The van der Waals surface area contributed by atoms with Crippen molar-refractivity contribution in [3.8, 4) is 11.5 Å². The zero-order chi connectivity index (χ0) is 23.0. The topological polar surface area (TPSA) is 67.9 Å². The molecule has 0 bridgehead atoms. The van der Waals surface area contributed by atoms with E-state index in [2.05, 4.69) is 5.32 Å². The van der Waals surface area contributed by atoms with Gasteiger partial charge in [-0.3, -0.25) is 9.59 Å². The molecule has 2 heterocycles. The van der Waals surface area contributed by atoms with Gasteiger partial charge < -0.3 is 19.7 Å². The van der Waals surface area contributed by atoms with Crippen LogP contribution >= 0.6 is 11.3 Å². The number of ether oxygens (including phenoxy) is 2.